The lowest BCUT2D eigenvalue weighted by molar-refractivity contribution is 0.604. The Morgan fingerprint density at radius 1 is 1.35 bits per heavy atom. The van der Waals surface area contributed by atoms with E-state index in [4.69, 9.17) is 5.73 Å². The second-order valence-electron chi connectivity index (χ2n) is 4.75. The molecule has 0 saturated heterocycles. The molecule has 2 N–H and O–H groups in total. The minimum atomic E-state index is -0.749. The van der Waals surface area contributed by atoms with E-state index in [1.807, 2.05) is 18.2 Å². The van der Waals surface area contributed by atoms with Gasteiger partial charge in [-0.2, -0.15) is 0 Å². The van der Waals surface area contributed by atoms with Gasteiger partial charge < -0.3 is 5.73 Å². The predicted octanol–water partition coefficient (Wildman–Crippen LogP) is 3.47. The fourth-order valence-corrected chi connectivity index (χ4v) is 4.65. The summed E-state index contributed by atoms with van der Waals surface area (Å²) in [7, 11) is -0.749. The van der Waals surface area contributed by atoms with Gasteiger partial charge in [0, 0.05) is 32.5 Å². The molecule has 17 heavy (non-hydrogen) atoms. The quantitative estimate of drug-likeness (QED) is 0.864. The SMILES string of the molecule is Nc1ccc(CS(=O)CC2CCCC2)c(Br)c1. The lowest BCUT2D eigenvalue weighted by Gasteiger charge is -2.10. The molecule has 0 bridgehead atoms. The van der Waals surface area contributed by atoms with Gasteiger partial charge in [0.15, 0.2) is 0 Å². The van der Waals surface area contributed by atoms with Gasteiger partial charge in [-0.25, -0.2) is 0 Å². The van der Waals surface area contributed by atoms with Crippen molar-refractivity contribution in [2.75, 3.05) is 11.5 Å². The zero-order chi connectivity index (χ0) is 12.3. The first-order valence-electron chi connectivity index (χ1n) is 6.04. The third kappa shape index (κ3) is 3.81. The molecule has 0 aliphatic heterocycles. The smallest absolute Gasteiger partial charge is 0.0496 e. The molecule has 4 heteroatoms. The molecule has 1 atom stereocenters. The molecular weight excluding hydrogens is 298 g/mol. The van der Waals surface area contributed by atoms with Crippen molar-refractivity contribution in [3.8, 4) is 0 Å². The molecule has 1 fully saturated rings. The highest BCUT2D eigenvalue weighted by Crippen LogP contribution is 2.27. The highest BCUT2D eigenvalue weighted by atomic mass is 79.9. The molecule has 1 aromatic rings. The molecule has 2 rings (SSSR count). The Bertz CT molecular complexity index is 416. The molecule has 1 saturated carbocycles. The maximum Gasteiger partial charge on any atom is 0.0496 e. The van der Waals surface area contributed by atoms with Crippen LogP contribution in [0.4, 0.5) is 5.69 Å². The van der Waals surface area contributed by atoms with Crippen LogP contribution in [0.5, 0.6) is 0 Å². The Morgan fingerprint density at radius 2 is 2.06 bits per heavy atom. The van der Waals surface area contributed by atoms with Crippen LogP contribution in [0.3, 0.4) is 0 Å². The molecule has 1 aromatic carbocycles. The van der Waals surface area contributed by atoms with E-state index in [-0.39, 0.29) is 0 Å². The van der Waals surface area contributed by atoms with Crippen molar-refractivity contribution in [1.29, 1.82) is 0 Å². The van der Waals surface area contributed by atoms with Gasteiger partial charge in [-0.15, -0.1) is 0 Å². The average molecular weight is 316 g/mol. The van der Waals surface area contributed by atoms with Crippen molar-refractivity contribution in [3.05, 3.63) is 28.2 Å². The third-order valence-corrected chi connectivity index (χ3v) is 5.50. The first-order valence-corrected chi connectivity index (χ1v) is 8.32. The summed E-state index contributed by atoms with van der Waals surface area (Å²) in [6, 6.07) is 5.71. The summed E-state index contributed by atoms with van der Waals surface area (Å²) in [5.41, 5.74) is 7.52. The van der Waals surface area contributed by atoms with Crippen LogP contribution in [-0.4, -0.2) is 9.96 Å². The maximum atomic E-state index is 12.1. The number of hydrogen-bond donors (Lipinski definition) is 1. The summed E-state index contributed by atoms with van der Waals surface area (Å²) < 4.78 is 13.0. The van der Waals surface area contributed by atoms with Crippen molar-refractivity contribution in [2.24, 2.45) is 5.92 Å². The second kappa shape index (κ2) is 6.01. The minimum Gasteiger partial charge on any atom is -0.399 e. The van der Waals surface area contributed by atoms with Gasteiger partial charge in [-0.3, -0.25) is 4.21 Å². The summed E-state index contributed by atoms with van der Waals surface area (Å²) >= 11 is 3.47. The Morgan fingerprint density at radius 3 is 2.71 bits per heavy atom. The van der Waals surface area contributed by atoms with E-state index >= 15 is 0 Å². The largest absolute Gasteiger partial charge is 0.399 e. The standard InChI is InChI=1S/C13H18BrNOS/c14-13-7-12(15)6-5-11(13)9-17(16)8-10-3-1-2-4-10/h5-7,10H,1-4,8-9,15H2. The van der Waals surface area contributed by atoms with Gasteiger partial charge in [0.1, 0.15) is 0 Å². The van der Waals surface area contributed by atoms with Gasteiger partial charge in [0.05, 0.1) is 0 Å². The lowest BCUT2D eigenvalue weighted by atomic mass is 10.1. The van der Waals surface area contributed by atoms with Crippen molar-refractivity contribution >= 4 is 32.4 Å². The summed E-state index contributed by atoms with van der Waals surface area (Å²) in [5, 5.41) is 0. The van der Waals surface area contributed by atoms with Gasteiger partial charge >= 0.3 is 0 Å². The molecule has 1 aliphatic carbocycles. The van der Waals surface area contributed by atoms with Crippen molar-refractivity contribution in [2.45, 2.75) is 31.4 Å². The van der Waals surface area contributed by atoms with Crippen LogP contribution in [0.1, 0.15) is 31.2 Å². The van der Waals surface area contributed by atoms with Crippen LogP contribution < -0.4 is 5.73 Å². The van der Waals surface area contributed by atoms with Crippen molar-refractivity contribution in [3.63, 3.8) is 0 Å². The molecule has 1 unspecified atom stereocenters. The topological polar surface area (TPSA) is 43.1 Å². The number of rotatable bonds is 4. The molecule has 1 aliphatic rings. The Balaban J connectivity index is 1.93. The van der Waals surface area contributed by atoms with E-state index < -0.39 is 10.8 Å². The normalized spacial score (nSPS) is 18.4. The fourth-order valence-electron chi connectivity index (χ4n) is 2.35. The number of anilines is 1. The molecule has 2 nitrogen and oxygen atoms in total. The fraction of sp³-hybridized carbons (Fsp3) is 0.538. The zero-order valence-corrected chi connectivity index (χ0v) is 12.2. The van der Waals surface area contributed by atoms with E-state index in [1.165, 1.54) is 25.7 Å². The molecule has 0 radical (unpaired) electrons. The van der Waals surface area contributed by atoms with Crippen LogP contribution >= 0.6 is 15.9 Å². The van der Waals surface area contributed by atoms with E-state index in [9.17, 15) is 4.21 Å². The number of nitrogen functional groups attached to an aromatic ring is 1. The summed E-state index contributed by atoms with van der Waals surface area (Å²) in [4.78, 5) is 0. The molecule has 0 aromatic heterocycles. The Hall–Kier alpha value is -0.350. The Labute approximate surface area is 114 Å². The van der Waals surface area contributed by atoms with E-state index in [0.717, 1.165) is 21.5 Å². The van der Waals surface area contributed by atoms with Crippen LogP contribution in [-0.2, 0) is 16.6 Å². The molecule has 0 heterocycles. The molecular formula is C13H18BrNOS. The predicted molar refractivity (Wildman–Crippen MR) is 77.2 cm³/mol. The van der Waals surface area contributed by atoms with Crippen molar-refractivity contribution in [1.82, 2.24) is 0 Å². The second-order valence-corrected chi connectivity index (χ2v) is 7.11. The molecule has 0 amide bonds. The van der Waals surface area contributed by atoms with Gasteiger partial charge in [0.2, 0.25) is 0 Å². The summed E-state index contributed by atoms with van der Waals surface area (Å²) in [6.07, 6.45) is 5.14. The van der Waals surface area contributed by atoms with Crippen LogP contribution in [0, 0.1) is 5.92 Å². The lowest BCUT2D eigenvalue weighted by Crippen LogP contribution is -2.09. The highest BCUT2D eigenvalue weighted by molar-refractivity contribution is 9.10. The summed E-state index contributed by atoms with van der Waals surface area (Å²) in [5.74, 6) is 2.18. The number of hydrogen-bond acceptors (Lipinski definition) is 2. The number of benzene rings is 1. The van der Waals surface area contributed by atoms with Crippen LogP contribution in [0.25, 0.3) is 0 Å². The van der Waals surface area contributed by atoms with Crippen LogP contribution in [0.15, 0.2) is 22.7 Å². The van der Waals surface area contributed by atoms with E-state index in [1.54, 1.807) is 0 Å². The van der Waals surface area contributed by atoms with Crippen LogP contribution in [0.2, 0.25) is 0 Å². The highest BCUT2D eigenvalue weighted by Gasteiger charge is 2.18. The number of halogens is 1. The monoisotopic (exact) mass is 315 g/mol. The van der Waals surface area contributed by atoms with Gasteiger partial charge in [-0.1, -0.05) is 34.8 Å². The van der Waals surface area contributed by atoms with E-state index in [0.29, 0.717) is 11.7 Å². The first kappa shape index (κ1) is 13.1. The third-order valence-electron chi connectivity index (χ3n) is 3.29. The van der Waals surface area contributed by atoms with Gasteiger partial charge in [0.25, 0.3) is 0 Å². The summed E-state index contributed by atoms with van der Waals surface area (Å²) in [6.45, 7) is 0. The Kier molecular flexibility index (Phi) is 4.62. The molecule has 94 valence electrons. The molecule has 0 spiro atoms. The first-order chi connectivity index (χ1) is 8.15. The number of nitrogens with two attached hydrogens (primary N) is 1. The minimum absolute atomic E-state index is 0.636. The van der Waals surface area contributed by atoms with E-state index in [2.05, 4.69) is 15.9 Å². The van der Waals surface area contributed by atoms with Gasteiger partial charge in [-0.05, 0) is 36.5 Å². The zero-order valence-electron chi connectivity index (χ0n) is 9.82. The maximum absolute atomic E-state index is 12.1. The average Bonchev–Trinajstić information content (AvgIpc) is 2.75. The van der Waals surface area contributed by atoms with Crippen molar-refractivity contribution < 1.29 is 4.21 Å².